The van der Waals surface area contributed by atoms with E-state index in [0.717, 1.165) is 16.9 Å². The predicted octanol–water partition coefficient (Wildman–Crippen LogP) is 3.82. The van der Waals surface area contributed by atoms with Crippen LogP contribution in [0, 0.1) is 6.92 Å². The van der Waals surface area contributed by atoms with E-state index in [1.54, 1.807) is 39.0 Å². The van der Waals surface area contributed by atoms with Crippen LogP contribution in [0.15, 0.2) is 60.9 Å². The van der Waals surface area contributed by atoms with Gasteiger partial charge in [-0.05, 0) is 42.8 Å². The molecule has 0 saturated carbocycles. The first-order chi connectivity index (χ1) is 14.5. The Bertz CT molecular complexity index is 1070. The second-order valence-corrected chi connectivity index (χ2v) is 7.67. The monoisotopic (exact) mass is 423 g/mol. The molecule has 1 aliphatic rings. The highest BCUT2D eigenvalue weighted by Crippen LogP contribution is 2.16. The molecule has 30 heavy (non-hydrogen) atoms. The van der Waals surface area contributed by atoms with E-state index in [2.05, 4.69) is 10.4 Å². The van der Waals surface area contributed by atoms with E-state index in [1.165, 1.54) is 0 Å². The number of anilines is 1. The number of nitrogens with zero attached hydrogens (tertiary/aromatic N) is 4. The van der Waals surface area contributed by atoms with Gasteiger partial charge < -0.3 is 15.1 Å². The summed E-state index contributed by atoms with van der Waals surface area (Å²) in [5.74, 6) is -0.0954. The highest BCUT2D eigenvalue weighted by atomic mass is 35.5. The largest absolute Gasteiger partial charge is 0.335 e. The molecule has 4 rings (SSSR count). The molecule has 1 aromatic heterocycles. The molecule has 0 bridgehead atoms. The van der Waals surface area contributed by atoms with Crippen molar-refractivity contribution in [1.29, 1.82) is 0 Å². The molecule has 0 radical (unpaired) electrons. The zero-order valence-electron chi connectivity index (χ0n) is 16.6. The molecule has 2 aromatic carbocycles. The van der Waals surface area contributed by atoms with Crippen molar-refractivity contribution < 1.29 is 9.59 Å². The molecule has 1 aliphatic heterocycles. The van der Waals surface area contributed by atoms with Crippen LogP contribution in [0.2, 0.25) is 5.02 Å². The molecule has 7 nitrogen and oxygen atoms in total. The van der Waals surface area contributed by atoms with Gasteiger partial charge in [0.15, 0.2) is 0 Å². The predicted molar refractivity (Wildman–Crippen MR) is 116 cm³/mol. The van der Waals surface area contributed by atoms with Gasteiger partial charge in [0.2, 0.25) is 0 Å². The molecule has 0 unspecified atom stereocenters. The number of hydrogen-bond acceptors (Lipinski definition) is 3. The molecule has 1 saturated heterocycles. The molecule has 0 aliphatic carbocycles. The number of hydrogen-bond donors (Lipinski definition) is 1. The highest BCUT2D eigenvalue weighted by Gasteiger charge is 2.25. The number of halogens is 1. The van der Waals surface area contributed by atoms with Crippen LogP contribution in [0.1, 0.15) is 15.9 Å². The van der Waals surface area contributed by atoms with E-state index < -0.39 is 0 Å². The standard InChI is InChI=1S/C22H22ClN5O2/c1-16-4-2-6-19(12-16)25-22(30)27-10-8-26(9-11-27)21(29)17-14-24-28(15-17)20-7-3-5-18(23)13-20/h2-7,12-15H,8-11H2,1H3,(H,25,30). The maximum atomic E-state index is 12.8. The maximum Gasteiger partial charge on any atom is 0.321 e. The molecule has 154 valence electrons. The van der Waals surface area contributed by atoms with Gasteiger partial charge in [-0.2, -0.15) is 5.10 Å². The zero-order valence-corrected chi connectivity index (χ0v) is 17.3. The Kier molecular flexibility index (Phi) is 5.72. The van der Waals surface area contributed by atoms with Gasteiger partial charge in [0.05, 0.1) is 17.4 Å². The van der Waals surface area contributed by atoms with Crippen molar-refractivity contribution in [3.8, 4) is 5.69 Å². The third-order valence-electron chi connectivity index (χ3n) is 5.03. The van der Waals surface area contributed by atoms with Crippen molar-refractivity contribution in [3.05, 3.63) is 77.1 Å². The summed E-state index contributed by atoms with van der Waals surface area (Å²) in [6.45, 7) is 3.89. The fraction of sp³-hybridized carbons (Fsp3) is 0.227. The summed E-state index contributed by atoms with van der Waals surface area (Å²) < 4.78 is 1.63. The topological polar surface area (TPSA) is 70.5 Å². The van der Waals surface area contributed by atoms with E-state index >= 15 is 0 Å². The van der Waals surface area contributed by atoms with Crippen LogP contribution >= 0.6 is 11.6 Å². The third-order valence-corrected chi connectivity index (χ3v) is 5.26. The van der Waals surface area contributed by atoms with E-state index in [-0.39, 0.29) is 11.9 Å². The molecular formula is C22H22ClN5O2. The van der Waals surface area contributed by atoms with Crippen LogP contribution in [0.3, 0.4) is 0 Å². The summed E-state index contributed by atoms with van der Waals surface area (Å²) in [7, 11) is 0. The van der Waals surface area contributed by atoms with Crippen LogP contribution in [0.4, 0.5) is 10.5 Å². The second kappa shape index (κ2) is 8.59. The van der Waals surface area contributed by atoms with Crippen molar-refractivity contribution in [1.82, 2.24) is 19.6 Å². The lowest BCUT2D eigenvalue weighted by molar-refractivity contribution is 0.0671. The first-order valence-corrected chi connectivity index (χ1v) is 10.1. The summed E-state index contributed by atoms with van der Waals surface area (Å²) in [5, 5.41) is 7.80. The molecular weight excluding hydrogens is 402 g/mol. The van der Waals surface area contributed by atoms with Crippen LogP contribution < -0.4 is 5.32 Å². The van der Waals surface area contributed by atoms with Gasteiger partial charge in [0.25, 0.3) is 5.91 Å². The number of aryl methyl sites for hydroxylation is 1. The highest BCUT2D eigenvalue weighted by molar-refractivity contribution is 6.30. The van der Waals surface area contributed by atoms with Gasteiger partial charge in [0.1, 0.15) is 0 Å². The van der Waals surface area contributed by atoms with Crippen molar-refractivity contribution in [3.63, 3.8) is 0 Å². The number of piperazine rings is 1. The summed E-state index contributed by atoms with van der Waals surface area (Å²) in [4.78, 5) is 28.8. The Morgan fingerprint density at radius 2 is 1.73 bits per heavy atom. The first kappa shape index (κ1) is 20.0. The Morgan fingerprint density at radius 1 is 1.00 bits per heavy atom. The SMILES string of the molecule is Cc1cccc(NC(=O)N2CCN(C(=O)c3cnn(-c4cccc(Cl)c4)c3)CC2)c1. The summed E-state index contributed by atoms with van der Waals surface area (Å²) >= 11 is 6.03. The quantitative estimate of drug-likeness (QED) is 0.696. The van der Waals surface area contributed by atoms with Gasteiger partial charge in [-0.3, -0.25) is 4.79 Å². The smallest absolute Gasteiger partial charge is 0.321 e. The first-order valence-electron chi connectivity index (χ1n) is 9.72. The molecule has 1 fully saturated rings. The average molecular weight is 424 g/mol. The lowest BCUT2D eigenvalue weighted by Crippen LogP contribution is -2.51. The number of aromatic nitrogens is 2. The number of carbonyl (C=O) groups is 2. The number of urea groups is 1. The zero-order chi connectivity index (χ0) is 21.1. The average Bonchev–Trinajstić information content (AvgIpc) is 3.24. The Hall–Kier alpha value is -3.32. The van der Waals surface area contributed by atoms with Gasteiger partial charge >= 0.3 is 6.03 Å². The van der Waals surface area contributed by atoms with Crippen LogP contribution in [0.5, 0.6) is 0 Å². The van der Waals surface area contributed by atoms with Crippen molar-refractivity contribution in [2.75, 3.05) is 31.5 Å². The van der Waals surface area contributed by atoms with E-state index in [9.17, 15) is 9.59 Å². The van der Waals surface area contributed by atoms with Crippen molar-refractivity contribution >= 4 is 29.2 Å². The Labute approximate surface area is 179 Å². The number of rotatable bonds is 3. The minimum atomic E-state index is -0.151. The minimum absolute atomic E-state index is 0.0954. The number of nitrogens with one attached hydrogen (secondary N) is 1. The Balaban J connectivity index is 1.35. The normalized spacial score (nSPS) is 13.9. The van der Waals surface area contributed by atoms with Gasteiger partial charge in [0, 0.05) is 43.1 Å². The van der Waals surface area contributed by atoms with Gasteiger partial charge in [-0.15, -0.1) is 0 Å². The van der Waals surface area contributed by atoms with Crippen LogP contribution in [-0.4, -0.2) is 57.7 Å². The van der Waals surface area contributed by atoms with Crippen LogP contribution in [0.25, 0.3) is 5.69 Å². The summed E-state index contributed by atoms with van der Waals surface area (Å²) in [6.07, 6.45) is 3.25. The number of benzene rings is 2. The fourth-order valence-corrected chi connectivity index (χ4v) is 3.60. The lowest BCUT2D eigenvalue weighted by atomic mass is 10.2. The van der Waals surface area contributed by atoms with Crippen LogP contribution in [-0.2, 0) is 0 Å². The fourth-order valence-electron chi connectivity index (χ4n) is 3.41. The molecule has 1 N–H and O–H groups in total. The van der Waals surface area contributed by atoms with Crippen molar-refractivity contribution in [2.24, 2.45) is 0 Å². The second-order valence-electron chi connectivity index (χ2n) is 7.23. The summed E-state index contributed by atoms with van der Waals surface area (Å²) in [5.41, 5.74) is 3.15. The number of carbonyl (C=O) groups excluding carboxylic acids is 2. The maximum absolute atomic E-state index is 12.8. The Morgan fingerprint density at radius 3 is 2.47 bits per heavy atom. The lowest BCUT2D eigenvalue weighted by Gasteiger charge is -2.34. The van der Waals surface area contributed by atoms with E-state index in [4.69, 9.17) is 11.6 Å². The molecule has 0 spiro atoms. The molecule has 0 atom stereocenters. The van der Waals surface area contributed by atoms with Crippen molar-refractivity contribution in [2.45, 2.75) is 6.92 Å². The molecule has 2 heterocycles. The number of amides is 3. The minimum Gasteiger partial charge on any atom is -0.335 e. The molecule has 3 aromatic rings. The van der Waals surface area contributed by atoms with E-state index in [0.29, 0.717) is 36.8 Å². The molecule has 8 heteroatoms. The van der Waals surface area contributed by atoms with Gasteiger partial charge in [-0.1, -0.05) is 29.8 Å². The van der Waals surface area contributed by atoms with E-state index in [1.807, 2.05) is 43.3 Å². The molecule has 3 amide bonds. The van der Waals surface area contributed by atoms with Gasteiger partial charge in [-0.25, -0.2) is 9.48 Å². The summed E-state index contributed by atoms with van der Waals surface area (Å²) in [6, 6.07) is 14.8. The third kappa shape index (κ3) is 4.46.